The summed E-state index contributed by atoms with van der Waals surface area (Å²) in [7, 11) is 0. The van der Waals surface area contributed by atoms with Gasteiger partial charge in [0.05, 0.1) is 6.61 Å². The van der Waals surface area contributed by atoms with E-state index in [4.69, 9.17) is 4.74 Å². The molecule has 0 aliphatic heterocycles. The highest BCUT2D eigenvalue weighted by Gasteiger charge is 2.02. The van der Waals surface area contributed by atoms with Crippen molar-refractivity contribution < 1.29 is 9.53 Å². The predicted octanol–water partition coefficient (Wildman–Crippen LogP) is 8.70. The Kier molecular flexibility index (Phi) is 23.1. The first-order valence-corrected chi connectivity index (χ1v) is 12.3. The minimum absolute atomic E-state index is 0.000843. The zero-order chi connectivity index (χ0) is 20.5. The molecule has 0 aliphatic rings. The van der Waals surface area contributed by atoms with Gasteiger partial charge in [0.1, 0.15) is 0 Å². The molecule has 28 heavy (non-hydrogen) atoms. The Hall–Kier alpha value is -1.05. The van der Waals surface area contributed by atoms with Gasteiger partial charge in [-0.15, -0.1) is 0 Å². The van der Waals surface area contributed by atoms with Crippen LogP contribution in [0.2, 0.25) is 0 Å². The summed E-state index contributed by atoms with van der Waals surface area (Å²) in [5.74, 6) is -0.000843. The normalized spacial score (nSPS) is 11.6. The maximum Gasteiger partial charge on any atom is 0.305 e. The second-order valence-corrected chi connectivity index (χ2v) is 7.97. The molecular formula is C26H48O2. The summed E-state index contributed by atoms with van der Waals surface area (Å²) in [5.41, 5.74) is 0. The Labute approximate surface area is 176 Å². The van der Waals surface area contributed by atoms with Crippen LogP contribution >= 0.6 is 0 Å². The van der Waals surface area contributed by atoms with Crippen LogP contribution in [0, 0.1) is 0 Å². The second kappa shape index (κ2) is 24.0. The SMILES string of the molecule is CCCCCC=CCC=CCCCCCCCCOC(=O)CCCCCCC. The second-order valence-electron chi connectivity index (χ2n) is 7.97. The fraction of sp³-hybridized carbons (Fsp3) is 0.808. The number of carbonyl (C=O) groups is 1. The summed E-state index contributed by atoms with van der Waals surface area (Å²) in [5, 5.41) is 0. The molecule has 2 nitrogen and oxygen atoms in total. The van der Waals surface area contributed by atoms with E-state index in [1.807, 2.05) is 0 Å². The van der Waals surface area contributed by atoms with E-state index < -0.39 is 0 Å². The topological polar surface area (TPSA) is 26.3 Å². The molecule has 0 aromatic carbocycles. The number of allylic oxidation sites excluding steroid dienone is 4. The average molecular weight is 393 g/mol. The van der Waals surface area contributed by atoms with Crippen LogP contribution in [0.1, 0.15) is 129 Å². The lowest BCUT2D eigenvalue weighted by Crippen LogP contribution is -2.05. The first kappa shape index (κ1) is 27.0. The standard InChI is InChI=1S/C26H48O2/c1-3-5-7-9-10-11-12-13-14-15-16-17-18-19-21-23-25-28-26(27)24-22-20-8-6-4-2/h10-11,13-14H,3-9,12,15-25H2,1-2H3. The van der Waals surface area contributed by atoms with E-state index in [-0.39, 0.29) is 5.97 Å². The molecule has 0 heterocycles. The Bertz CT molecular complexity index is 371. The molecule has 0 radical (unpaired) electrons. The molecular weight excluding hydrogens is 344 g/mol. The smallest absolute Gasteiger partial charge is 0.305 e. The first-order chi connectivity index (χ1) is 13.8. The van der Waals surface area contributed by atoms with E-state index in [0.717, 1.165) is 25.7 Å². The van der Waals surface area contributed by atoms with Gasteiger partial charge < -0.3 is 4.74 Å². The maximum atomic E-state index is 11.6. The van der Waals surface area contributed by atoms with E-state index in [2.05, 4.69) is 38.2 Å². The molecule has 0 aliphatic carbocycles. The number of unbranched alkanes of at least 4 members (excludes halogenated alkanes) is 13. The third-order valence-electron chi connectivity index (χ3n) is 5.09. The van der Waals surface area contributed by atoms with E-state index in [1.165, 1.54) is 83.5 Å². The number of hydrogen-bond acceptors (Lipinski definition) is 2. The largest absolute Gasteiger partial charge is 0.466 e. The lowest BCUT2D eigenvalue weighted by molar-refractivity contribution is -0.143. The van der Waals surface area contributed by atoms with Crippen molar-refractivity contribution in [1.82, 2.24) is 0 Å². The van der Waals surface area contributed by atoms with Gasteiger partial charge in [-0.05, 0) is 44.9 Å². The molecule has 0 aromatic heterocycles. The van der Waals surface area contributed by atoms with Crippen molar-refractivity contribution in [2.45, 2.75) is 129 Å². The molecule has 0 N–H and O–H groups in total. The van der Waals surface area contributed by atoms with Gasteiger partial charge in [0.15, 0.2) is 0 Å². The quantitative estimate of drug-likeness (QED) is 0.111. The van der Waals surface area contributed by atoms with Gasteiger partial charge in [-0.1, -0.05) is 102 Å². The third-order valence-corrected chi connectivity index (χ3v) is 5.09. The average Bonchev–Trinajstić information content (AvgIpc) is 2.70. The van der Waals surface area contributed by atoms with Gasteiger partial charge in [0, 0.05) is 6.42 Å². The zero-order valence-corrected chi connectivity index (χ0v) is 19.1. The van der Waals surface area contributed by atoms with Gasteiger partial charge in [-0.3, -0.25) is 4.79 Å². The molecule has 0 unspecified atom stereocenters. The highest BCUT2D eigenvalue weighted by Crippen LogP contribution is 2.09. The van der Waals surface area contributed by atoms with Crippen molar-refractivity contribution in [2.24, 2.45) is 0 Å². The van der Waals surface area contributed by atoms with Crippen LogP contribution < -0.4 is 0 Å². The number of carbonyl (C=O) groups excluding carboxylic acids is 1. The molecule has 164 valence electrons. The van der Waals surface area contributed by atoms with Crippen LogP contribution in [-0.2, 0) is 9.53 Å². The highest BCUT2D eigenvalue weighted by molar-refractivity contribution is 5.69. The van der Waals surface area contributed by atoms with Crippen LogP contribution in [0.5, 0.6) is 0 Å². The minimum Gasteiger partial charge on any atom is -0.466 e. The van der Waals surface area contributed by atoms with Gasteiger partial charge in [-0.2, -0.15) is 0 Å². The third kappa shape index (κ3) is 23.0. The Morgan fingerprint density at radius 1 is 0.607 bits per heavy atom. The Morgan fingerprint density at radius 3 is 1.79 bits per heavy atom. The van der Waals surface area contributed by atoms with Crippen LogP contribution in [0.4, 0.5) is 0 Å². The van der Waals surface area contributed by atoms with Crippen LogP contribution in [-0.4, -0.2) is 12.6 Å². The molecule has 0 bridgehead atoms. The molecule has 0 atom stereocenters. The number of esters is 1. The van der Waals surface area contributed by atoms with E-state index in [0.29, 0.717) is 13.0 Å². The predicted molar refractivity (Wildman–Crippen MR) is 124 cm³/mol. The first-order valence-electron chi connectivity index (χ1n) is 12.3. The molecule has 0 fully saturated rings. The summed E-state index contributed by atoms with van der Waals surface area (Å²) < 4.78 is 5.31. The van der Waals surface area contributed by atoms with Gasteiger partial charge >= 0.3 is 5.97 Å². The zero-order valence-electron chi connectivity index (χ0n) is 19.1. The van der Waals surface area contributed by atoms with Crippen molar-refractivity contribution in [3.8, 4) is 0 Å². The van der Waals surface area contributed by atoms with Crippen molar-refractivity contribution in [3.05, 3.63) is 24.3 Å². The fourth-order valence-corrected chi connectivity index (χ4v) is 3.22. The number of rotatable bonds is 21. The highest BCUT2D eigenvalue weighted by atomic mass is 16.5. The number of hydrogen-bond donors (Lipinski definition) is 0. The molecule has 0 amide bonds. The Balaban J connectivity index is 3.22. The fourth-order valence-electron chi connectivity index (χ4n) is 3.22. The summed E-state index contributed by atoms with van der Waals surface area (Å²) in [4.78, 5) is 11.6. The summed E-state index contributed by atoms with van der Waals surface area (Å²) in [6.07, 6.45) is 30.7. The monoisotopic (exact) mass is 392 g/mol. The van der Waals surface area contributed by atoms with Crippen molar-refractivity contribution in [2.75, 3.05) is 6.61 Å². The van der Waals surface area contributed by atoms with Gasteiger partial charge in [0.2, 0.25) is 0 Å². The van der Waals surface area contributed by atoms with E-state index >= 15 is 0 Å². The van der Waals surface area contributed by atoms with Gasteiger partial charge in [-0.25, -0.2) is 0 Å². The summed E-state index contributed by atoms with van der Waals surface area (Å²) in [6, 6.07) is 0. The van der Waals surface area contributed by atoms with Crippen molar-refractivity contribution in [3.63, 3.8) is 0 Å². The van der Waals surface area contributed by atoms with Crippen molar-refractivity contribution in [1.29, 1.82) is 0 Å². The van der Waals surface area contributed by atoms with E-state index in [9.17, 15) is 4.79 Å². The number of ether oxygens (including phenoxy) is 1. The van der Waals surface area contributed by atoms with E-state index in [1.54, 1.807) is 0 Å². The summed E-state index contributed by atoms with van der Waals surface area (Å²) >= 11 is 0. The molecule has 2 heteroatoms. The van der Waals surface area contributed by atoms with Crippen LogP contribution in [0.3, 0.4) is 0 Å². The van der Waals surface area contributed by atoms with Gasteiger partial charge in [0.25, 0.3) is 0 Å². The lowest BCUT2D eigenvalue weighted by atomic mass is 10.1. The molecule has 0 rings (SSSR count). The Morgan fingerprint density at radius 2 is 1.11 bits per heavy atom. The van der Waals surface area contributed by atoms with Crippen LogP contribution in [0.15, 0.2) is 24.3 Å². The summed E-state index contributed by atoms with van der Waals surface area (Å²) in [6.45, 7) is 5.07. The van der Waals surface area contributed by atoms with Crippen molar-refractivity contribution >= 4 is 5.97 Å². The van der Waals surface area contributed by atoms with Crippen LogP contribution in [0.25, 0.3) is 0 Å². The maximum absolute atomic E-state index is 11.6. The molecule has 0 spiro atoms. The molecule has 0 saturated carbocycles. The lowest BCUT2D eigenvalue weighted by Gasteiger charge is -2.05. The minimum atomic E-state index is -0.000843. The molecule has 0 aromatic rings. The molecule has 0 saturated heterocycles.